The molecule has 1 amide bonds. The van der Waals surface area contributed by atoms with Crippen molar-refractivity contribution < 1.29 is 18.0 Å². The molecular weight excluding hydrogens is 269 g/mol. The van der Waals surface area contributed by atoms with Gasteiger partial charge in [-0.25, -0.2) is 0 Å². The molecule has 1 aliphatic rings. The summed E-state index contributed by atoms with van der Waals surface area (Å²) in [5, 5.41) is 3.20. The Morgan fingerprint density at radius 3 is 2.50 bits per heavy atom. The molecule has 1 N–H and O–H groups in total. The van der Waals surface area contributed by atoms with Crippen LogP contribution < -0.4 is 5.32 Å². The van der Waals surface area contributed by atoms with Crippen molar-refractivity contribution in [2.75, 3.05) is 19.6 Å². The summed E-state index contributed by atoms with van der Waals surface area (Å²) < 4.78 is 37.5. The Hall–Kier alpha value is -1.56. The first-order valence-electron chi connectivity index (χ1n) is 6.58. The molecule has 2 rings (SSSR count). The third kappa shape index (κ3) is 3.30. The van der Waals surface area contributed by atoms with Crippen molar-refractivity contribution >= 4 is 5.91 Å². The van der Waals surface area contributed by atoms with Gasteiger partial charge in [0.1, 0.15) is 0 Å². The monoisotopic (exact) mass is 286 g/mol. The van der Waals surface area contributed by atoms with E-state index in [9.17, 15) is 18.0 Å². The van der Waals surface area contributed by atoms with E-state index in [1.807, 2.05) is 6.92 Å². The van der Waals surface area contributed by atoms with Gasteiger partial charge < -0.3 is 10.2 Å². The highest BCUT2D eigenvalue weighted by atomic mass is 19.4. The summed E-state index contributed by atoms with van der Waals surface area (Å²) in [6.07, 6.45) is -3.53. The van der Waals surface area contributed by atoms with Crippen LogP contribution in [-0.4, -0.2) is 36.5 Å². The summed E-state index contributed by atoms with van der Waals surface area (Å²) in [6.45, 7) is 4.07. The zero-order chi connectivity index (χ0) is 14.8. The summed E-state index contributed by atoms with van der Waals surface area (Å²) in [4.78, 5) is 14.1. The van der Waals surface area contributed by atoms with Gasteiger partial charge in [-0.15, -0.1) is 0 Å². The highest BCUT2D eigenvalue weighted by Crippen LogP contribution is 2.29. The number of nitrogens with one attached hydrogen (secondary N) is 1. The van der Waals surface area contributed by atoms with Crippen LogP contribution in [0.4, 0.5) is 13.2 Å². The number of hydrogen-bond donors (Lipinski definition) is 1. The van der Waals surface area contributed by atoms with Crippen LogP contribution in [0.5, 0.6) is 0 Å². The number of carbonyl (C=O) groups excluding carboxylic acids is 1. The largest absolute Gasteiger partial charge is 0.416 e. The molecule has 1 aliphatic heterocycles. The van der Waals surface area contributed by atoms with E-state index < -0.39 is 11.7 Å². The summed E-state index contributed by atoms with van der Waals surface area (Å²) in [5.41, 5.74) is -0.439. The molecule has 0 aliphatic carbocycles. The highest BCUT2D eigenvalue weighted by Gasteiger charge is 2.30. The lowest BCUT2D eigenvalue weighted by molar-refractivity contribution is -0.137. The second-order valence-electron chi connectivity index (χ2n) is 4.96. The standard InChI is InChI=1S/C14H17F3N2O/c1-10-6-7-18-8-9-19(10)13(20)11-2-4-12(5-3-11)14(15,16)17/h2-5,10,18H,6-9H2,1H3. The molecular formula is C14H17F3N2O. The Morgan fingerprint density at radius 2 is 1.90 bits per heavy atom. The maximum atomic E-state index is 12.5. The van der Waals surface area contributed by atoms with Gasteiger partial charge in [0.2, 0.25) is 0 Å². The van der Waals surface area contributed by atoms with E-state index in [0.717, 1.165) is 25.1 Å². The quantitative estimate of drug-likeness (QED) is 0.860. The zero-order valence-electron chi connectivity index (χ0n) is 11.2. The lowest BCUT2D eigenvalue weighted by Gasteiger charge is -2.27. The minimum Gasteiger partial charge on any atom is -0.335 e. The zero-order valence-corrected chi connectivity index (χ0v) is 11.2. The number of amides is 1. The first kappa shape index (κ1) is 14.8. The fraction of sp³-hybridized carbons (Fsp3) is 0.500. The number of alkyl halides is 3. The van der Waals surface area contributed by atoms with E-state index >= 15 is 0 Å². The van der Waals surface area contributed by atoms with E-state index in [1.165, 1.54) is 12.1 Å². The molecule has 1 aromatic carbocycles. The topological polar surface area (TPSA) is 32.3 Å². The minimum absolute atomic E-state index is 0.0831. The van der Waals surface area contributed by atoms with Gasteiger partial charge in [-0.3, -0.25) is 4.79 Å². The molecule has 1 fully saturated rings. The van der Waals surface area contributed by atoms with Gasteiger partial charge in [0.15, 0.2) is 0 Å². The lowest BCUT2D eigenvalue weighted by Crippen LogP contribution is -2.39. The van der Waals surface area contributed by atoms with E-state index in [4.69, 9.17) is 0 Å². The van der Waals surface area contributed by atoms with Gasteiger partial charge in [0.05, 0.1) is 5.56 Å². The summed E-state index contributed by atoms with van der Waals surface area (Å²) in [6, 6.07) is 4.48. The normalized spacial score (nSPS) is 20.6. The smallest absolute Gasteiger partial charge is 0.335 e. The average molecular weight is 286 g/mol. The second-order valence-corrected chi connectivity index (χ2v) is 4.96. The molecule has 110 valence electrons. The summed E-state index contributed by atoms with van der Waals surface area (Å²) >= 11 is 0. The van der Waals surface area contributed by atoms with E-state index in [0.29, 0.717) is 18.7 Å². The van der Waals surface area contributed by atoms with E-state index in [-0.39, 0.29) is 11.9 Å². The van der Waals surface area contributed by atoms with Crippen LogP contribution in [0.2, 0.25) is 0 Å². The number of carbonyl (C=O) groups is 1. The Morgan fingerprint density at radius 1 is 1.25 bits per heavy atom. The van der Waals surface area contributed by atoms with Gasteiger partial charge in [-0.1, -0.05) is 0 Å². The van der Waals surface area contributed by atoms with E-state index in [1.54, 1.807) is 4.90 Å². The van der Waals surface area contributed by atoms with Crippen LogP contribution in [0.15, 0.2) is 24.3 Å². The molecule has 3 nitrogen and oxygen atoms in total. The van der Waals surface area contributed by atoms with Crippen molar-refractivity contribution in [3.8, 4) is 0 Å². The average Bonchev–Trinajstić information content (AvgIpc) is 2.62. The third-order valence-electron chi connectivity index (χ3n) is 3.52. The Bertz CT molecular complexity index is 470. The molecule has 1 heterocycles. The van der Waals surface area contributed by atoms with Crippen LogP contribution in [0.1, 0.15) is 29.3 Å². The number of rotatable bonds is 1. The molecule has 0 bridgehead atoms. The van der Waals surface area contributed by atoms with Crippen molar-refractivity contribution in [2.45, 2.75) is 25.6 Å². The maximum absolute atomic E-state index is 12.5. The molecule has 0 saturated carbocycles. The summed E-state index contributed by atoms with van der Waals surface area (Å²) in [5.74, 6) is -0.213. The van der Waals surface area contributed by atoms with Gasteiger partial charge in [0, 0.05) is 24.7 Å². The number of halogens is 3. The minimum atomic E-state index is -4.37. The van der Waals surface area contributed by atoms with Crippen molar-refractivity contribution in [1.29, 1.82) is 0 Å². The predicted octanol–water partition coefficient (Wildman–Crippen LogP) is 2.53. The number of benzene rings is 1. The van der Waals surface area contributed by atoms with Crippen LogP contribution in [-0.2, 0) is 6.18 Å². The molecule has 0 aromatic heterocycles. The molecule has 1 atom stereocenters. The first-order chi connectivity index (χ1) is 9.39. The number of hydrogen-bond acceptors (Lipinski definition) is 2. The lowest BCUT2D eigenvalue weighted by atomic mass is 10.1. The Labute approximate surface area is 115 Å². The van der Waals surface area contributed by atoms with Gasteiger partial charge >= 0.3 is 6.18 Å². The third-order valence-corrected chi connectivity index (χ3v) is 3.52. The highest BCUT2D eigenvalue weighted by molar-refractivity contribution is 5.94. The molecule has 0 radical (unpaired) electrons. The van der Waals surface area contributed by atoms with Crippen molar-refractivity contribution in [1.82, 2.24) is 10.2 Å². The Kier molecular flexibility index (Phi) is 4.32. The van der Waals surface area contributed by atoms with Crippen molar-refractivity contribution in [3.05, 3.63) is 35.4 Å². The SMILES string of the molecule is CC1CCNCCN1C(=O)c1ccc(C(F)(F)F)cc1. The molecule has 6 heteroatoms. The van der Waals surface area contributed by atoms with Crippen LogP contribution >= 0.6 is 0 Å². The van der Waals surface area contributed by atoms with Crippen LogP contribution in [0.3, 0.4) is 0 Å². The molecule has 20 heavy (non-hydrogen) atoms. The van der Waals surface area contributed by atoms with Crippen molar-refractivity contribution in [2.24, 2.45) is 0 Å². The van der Waals surface area contributed by atoms with Gasteiger partial charge in [0.25, 0.3) is 5.91 Å². The fourth-order valence-corrected chi connectivity index (χ4v) is 2.28. The Balaban J connectivity index is 2.16. The number of nitrogens with zero attached hydrogens (tertiary/aromatic N) is 1. The molecule has 1 unspecified atom stereocenters. The summed E-state index contributed by atoms with van der Waals surface area (Å²) in [7, 11) is 0. The van der Waals surface area contributed by atoms with Gasteiger partial charge in [-0.05, 0) is 44.2 Å². The molecule has 0 spiro atoms. The predicted molar refractivity (Wildman–Crippen MR) is 69.4 cm³/mol. The van der Waals surface area contributed by atoms with Crippen LogP contribution in [0.25, 0.3) is 0 Å². The molecule has 1 saturated heterocycles. The maximum Gasteiger partial charge on any atom is 0.416 e. The first-order valence-corrected chi connectivity index (χ1v) is 6.58. The van der Waals surface area contributed by atoms with Crippen molar-refractivity contribution in [3.63, 3.8) is 0 Å². The second kappa shape index (κ2) is 5.83. The molecule has 1 aromatic rings. The van der Waals surface area contributed by atoms with Gasteiger partial charge in [-0.2, -0.15) is 13.2 Å². The van der Waals surface area contributed by atoms with Crippen LogP contribution in [0, 0.1) is 0 Å². The van der Waals surface area contributed by atoms with E-state index in [2.05, 4.69) is 5.32 Å². The fourth-order valence-electron chi connectivity index (χ4n) is 2.28.